The van der Waals surface area contributed by atoms with Crippen LogP contribution in [0.4, 0.5) is 5.69 Å². The highest BCUT2D eigenvalue weighted by Gasteiger charge is 2.21. The van der Waals surface area contributed by atoms with E-state index in [1.165, 1.54) is 0 Å². The van der Waals surface area contributed by atoms with Gasteiger partial charge >= 0.3 is 0 Å². The highest BCUT2D eigenvalue weighted by molar-refractivity contribution is 6.02. The molecule has 0 saturated carbocycles. The minimum atomic E-state index is -0.556. The topological polar surface area (TPSA) is 70.2 Å². The lowest BCUT2D eigenvalue weighted by Crippen LogP contribution is -2.46. The van der Waals surface area contributed by atoms with Crippen LogP contribution in [-0.4, -0.2) is 30.4 Å². The van der Waals surface area contributed by atoms with Gasteiger partial charge in [0.25, 0.3) is 5.91 Å². The first-order valence-electron chi connectivity index (χ1n) is 7.46. The van der Waals surface area contributed by atoms with Crippen LogP contribution in [0.2, 0.25) is 0 Å². The van der Waals surface area contributed by atoms with Crippen molar-refractivity contribution in [3.05, 3.63) is 29.3 Å². The SMILES string of the molecule is CC(C)NC(=O)C(C)NC(=O)c1cccc2c1NCCC2. The van der Waals surface area contributed by atoms with Crippen LogP contribution in [0.25, 0.3) is 0 Å². The van der Waals surface area contributed by atoms with Gasteiger partial charge in [-0.3, -0.25) is 9.59 Å². The molecule has 5 heteroatoms. The average Bonchev–Trinajstić information content (AvgIpc) is 2.45. The van der Waals surface area contributed by atoms with Crippen molar-refractivity contribution >= 4 is 17.5 Å². The first-order chi connectivity index (χ1) is 9.99. The molecule has 5 nitrogen and oxygen atoms in total. The molecule has 0 aliphatic carbocycles. The summed E-state index contributed by atoms with van der Waals surface area (Å²) in [5.41, 5.74) is 2.67. The number of benzene rings is 1. The minimum absolute atomic E-state index is 0.0583. The number of carbonyl (C=O) groups excluding carboxylic acids is 2. The van der Waals surface area contributed by atoms with E-state index in [1.807, 2.05) is 26.0 Å². The van der Waals surface area contributed by atoms with Crippen LogP contribution in [0.1, 0.15) is 43.1 Å². The molecule has 0 saturated heterocycles. The maximum Gasteiger partial charge on any atom is 0.254 e. The molecule has 21 heavy (non-hydrogen) atoms. The molecule has 1 atom stereocenters. The molecule has 0 aromatic heterocycles. The summed E-state index contributed by atoms with van der Waals surface area (Å²) in [6.07, 6.45) is 2.05. The average molecular weight is 289 g/mol. The Balaban J connectivity index is 2.09. The zero-order valence-corrected chi connectivity index (χ0v) is 12.8. The van der Waals surface area contributed by atoms with Gasteiger partial charge in [-0.15, -0.1) is 0 Å². The van der Waals surface area contributed by atoms with Crippen molar-refractivity contribution < 1.29 is 9.59 Å². The Labute approximate surface area is 125 Å². The Morgan fingerprint density at radius 1 is 1.19 bits per heavy atom. The van der Waals surface area contributed by atoms with E-state index in [9.17, 15) is 9.59 Å². The monoisotopic (exact) mass is 289 g/mol. The summed E-state index contributed by atoms with van der Waals surface area (Å²) in [5, 5.41) is 8.84. The van der Waals surface area contributed by atoms with Crippen molar-refractivity contribution in [3.8, 4) is 0 Å². The van der Waals surface area contributed by atoms with Gasteiger partial charge in [-0.05, 0) is 45.2 Å². The Morgan fingerprint density at radius 2 is 1.95 bits per heavy atom. The molecule has 0 fully saturated rings. The standard InChI is InChI=1S/C16H23N3O2/c1-10(2)18-15(20)11(3)19-16(21)13-8-4-6-12-7-5-9-17-14(12)13/h4,6,8,10-11,17H,5,7,9H2,1-3H3,(H,18,20)(H,19,21). The lowest BCUT2D eigenvalue weighted by molar-refractivity contribution is -0.123. The van der Waals surface area contributed by atoms with E-state index in [0.29, 0.717) is 5.56 Å². The van der Waals surface area contributed by atoms with E-state index in [4.69, 9.17) is 0 Å². The quantitative estimate of drug-likeness (QED) is 0.790. The van der Waals surface area contributed by atoms with Crippen LogP contribution >= 0.6 is 0 Å². The number of hydrogen-bond donors (Lipinski definition) is 3. The lowest BCUT2D eigenvalue weighted by atomic mass is 9.99. The molecule has 2 amide bonds. The number of carbonyl (C=O) groups is 2. The van der Waals surface area contributed by atoms with Crippen LogP contribution in [0.5, 0.6) is 0 Å². The predicted molar refractivity (Wildman–Crippen MR) is 83.5 cm³/mol. The summed E-state index contributed by atoms with van der Waals surface area (Å²) in [5.74, 6) is -0.385. The van der Waals surface area contributed by atoms with Gasteiger partial charge in [-0.25, -0.2) is 0 Å². The molecule has 0 spiro atoms. The van der Waals surface area contributed by atoms with E-state index >= 15 is 0 Å². The Hall–Kier alpha value is -2.04. The third kappa shape index (κ3) is 3.74. The van der Waals surface area contributed by atoms with Crippen LogP contribution in [0.15, 0.2) is 18.2 Å². The number of anilines is 1. The fraction of sp³-hybridized carbons (Fsp3) is 0.500. The zero-order chi connectivity index (χ0) is 15.4. The summed E-state index contributed by atoms with van der Waals surface area (Å²) < 4.78 is 0. The number of amides is 2. The highest BCUT2D eigenvalue weighted by atomic mass is 16.2. The molecule has 2 rings (SSSR count). The number of aryl methyl sites for hydroxylation is 1. The van der Waals surface area contributed by atoms with E-state index < -0.39 is 6.04 Å². The van der Waals surface area contributed by atoms with Gasteiger partial charge in [0.05, 0.1) is 11.3 Å². The largest absolute Gasteiger partial charge is 0.384 e. The molecule has 0 bridgehead atoms. The molecule has 1 aromatic rings. The second-order valence-corrected chi connectivity index (χ2v) is 5.73. The molecule has 1 aliphatic rings. The fourth-order valence-electron chi connectivity index (χ4n) is 2.45. The maximum atomic E-state index is 12.4. The van der Waals surface area contributed by atoms with Gasteiger partial charge in [-0.2, -0.15) is 0 Å². The van der Waals surface area contributed by atoms with E-state index in [0.717, 1.165) is 30.6 Å². The fourth-order valence-corrected chi connectivity index (χ4v) is 2.45. The lowest BCUT2D eigenvalue weighted by Gasteiger charge is -2.22. The van der Waals surface area contributed by atoms with Crippen molar-refractivity contribution in [3.63, 3.8) is 0 Å². The molecular formula is C16H23N3O2. The van der Waals surface area contributed by atoms with Crippen molar-refractivity contribution in [2.24, 2.45) is 0 Å². The number of nitrogens with one attached hydrogen (secondary N) is 3. The number of rotatable bonds is 4. The Kier molecular flexibility index (Phi) is 4.83. The van der Waals surface area contributed by atoms with Gasteiger partial charge in [0.2, 0.25) is 5.91 Å². The molecule has 1 aromatic carbocycles. The number of fused-ring (bicyclic) bond motifs is 1. The van der Waals surface area contributed by atoms with Crippen molar-refractivity contribution in [1.29, 1.82) is 0 Å². The molecule has 1 aliphatic heterocycles. The summed E-state index contributed by atoms with van der Waals surface area (Å²) in [6.45, 7) is 6.35. The zero-order valence-electron chi connectivity index (χ0n) is 12.8. The van der Waals surface area contributed by atoms with Crippen molar-refractivity contribution in [2.75, 3.05) is 11.9 Å². The molecule has 0 radical (unpaired) electrons. The van der Waals surface area contributed by atoms with Crippen LogP contribution in [-0.2, 0) is 11.2 Å². The molecule has 3 N–H and O–H groups in total. The normalized spacial score (nSPS) is 14.9. The highest BCUT2D eigenvalue weighted by Crippen LogP contribution is 2.25. The second-order valence-electron chi connectivity index (χ2n) is 5.73. The van der Waals surface area contributed by atoms with Gasteiger partial charge in [-0.1, -0.05) is 12.1 Å². The van der Waals surface area contributed by atoms with Crippen molar-refractivity contribution in [2.45, 2.75) is 45.7 Å². The summed E-state index contributed by atoms with van der Waals surface area (Å²) in [6, 6.07) is 5.22. The van der Waals surface area contributed by atoms with E-state index in [-0.39, 0.29) is 17.9 Å². The molecule has 114 valence electrons. The Bertz CT molecular complexity index is 540. The van der Waals surface area contributed by atoms with Crippen molar-refractivity contribution in [1.82, 2.24) is 10.6 Å². The predicted octanol–water partition coefficient (Wildman–Crippen LogP) is 1.69. The molecular weight excluding hydrogens is 266 g/mol. The van der Waals surface area contributed by atoms with E-state index in [1.54, 1.807) is 13.0 Å². The number of para-hydroxylation sites is 1. The van der Waals surface area contributed by atoms with Crippen LogP contribution in [0, 0.1) is 0 Å². The van der Waals surface area contributed by atoms with Gasteiger partial charge in [0.1, 0.15) is 6.04 Å². The van der Waals surface area contributed by atoms with Crippen LogP contribution < -0.4 is 16.0 Å². The second kappa shape index (κ2) is 6.61. The molecule has 1 heterocycles. The van der Waals surface area contributed by atoms with Gasteiger partial charge in [0, 0.05) is 12.6 Å². The minimum Gasteiger partial charge on any atom is -0.384 e. The Morgan fingerprint density at radius 3 is 2.67 bits per heavy atom. The summed E-state index contributed by atoms with van der Waals surface area (Å²) in [4.78, 5) is 24.3. The van der Waals surface area contributed by atoms with Gasteiger partial charge in [0.15, 0.2) is 0 Å². The smallest absolute Gasteiger partial charge is 0.254 e. The first-order valence-corrected chi connectivity index (χ1v) is 7.46. The third-order valence-corrected chi connectivity index (χ3v) is 3.49. The van der Waals surface area contributed by atoms with Gasteiger partial charge < -0.3 is 16.0 Å². The van der Waals surface area contributed by atoms with Crippen LogP contribution in [0.3, 0.4) is 0 Å². The first kappa shape index (κ1) is 15.4. The summed E-state index contributed by atoms with van der Waals surface area (Å²) >= 11 is 0. The van der Waals surface area contributed by atoms with E-state index in [2.05, 4.69) is 16.0 Å². The third-order valence-electron chi connectivity index (χ3n) is 3.49. The molecule has 1 unspecified atom stereocenters. The summed E-state index contributed by atoms with van der Waals surface area (Å²) in [7, 11) is 0. The maximum absolute atomic E-state index is 12.4. The number of hydrogen-bond acceptors (Lipinski definition) is 3.